The second kappa shape index (κ2) is 4.56. The summed E-state index contributed by atoms with van der Waals surface area (Å²) in [5.74, 6) is 0.513. The average molecular weight is 254 g/mol. The van der Waals surface area contributed by atoms with E-state index in [9.17, 15) is 9.59 Å². The standard InChI is InChI=1S/C14H22O4/c1-8(15)17-13(18-9(2)16)12-10-5-6-11(7-10)14(12,3)4/h10-13H,5-7H2,1-4H3. The number of rotatable bonds is 3. The zero-order chi connectivity index (χ0) is 13.5. The van der Waals surface area contributed by atoms with Crippen molar-refractivity contribution in [3.05, 3.63) is 0 Å². The van der Waals surface area contributed by atoms with Crippen molar-refractivity contribution in [3.8, 4) is 0 Å². The van der Waals surface area contributed by atoms with E-state index >= 15 is 0 Å². The van der Waals surface area contributed by atoms with Crippen LogP contribution >= 0.6 is 0 Å². The minimum Gasteiger partial charge on any atom is -0.425 e. The summed E-state index contributed by atoms with van der Waals surface area (Å²) in [5, 5.41) is 0. The maximum atomic E-state index is 11.2. The van der Waals surface area contributed by atoms with Crippen LogP contribution < -0.4 is 0 Å². The molecule has 2 aliphatic carbocycles. The number of carbonyl (C=O) groups is 2. The Labute approximate surface area is 108 Å². The molecule has 0 amide bonds. The Kier molecular flexibility index (Phi) is 3.39. The number of ether oxygens (including phenoxy) is 2. The molecule has 2 rings (SSSR count). The summed E-state index contributed by atoms with van der Waals surface area (Å²) in [5.41, 5.74) is 0.0679. The second-order valence-corrected chi connectivity index (χ2v) is 6.20. The molecular weight excluding hydrogens is 232 g/mol. The number of esters is 2. The SMILES string of the molecule is CC(=O)OC(OC(C)=O)C1C2CCC(C2)C1(C)C. The zero-order valence-electron chi connectivity index (χ0n) is 11.6. The van der Waals surface area contributed by atoms with Gasteiger partial charge in [-0.3, -0.25) is 9.59 Å². The molecule has 0 saturated heterocycles. The summed E-state index contributed by atoms with van der Waals surface area (Å²) < 4.78 is 10.5. The van der Waals surface area contributed by atoms with Crippen molar-refractivity contribution in [2.24, 2.45) is 23.2 Å². The average Bonchev–Trinajstić information content (AvgIpc) is 2.72. The van der Waals surface area contributed by atoms with E-state index in [4.69, 9.17) is 9.47 Å². The van der Waals surface area contributed by atoms with Gasteiger partial charge in [-0.15, -0.1) is 0 Å². The van der Waals surface area contributed by atoms with Crippen LogP contribution in [0.25, 0.3) is 0 Å². The number of fused-ring (bicyclic) bond motifs is 2. The highest BCUT2D eigenvalue weighted by atomic mass is 16.7. The summed E-state index contributed by atoms with van der Waals surface area (Å²) in [7, 11) is 0. The van der Waals surface area contributed by atoms with Crippen LogP contribution in [0.5, 0.6) is 0 Å². The Morgan fingerprint density at radius 3 is 2.06 bits per heavy atom. The molecule has 0 radical (unpaired) electrons. The highest BCUT2D eigenvalue weighted by molar-refractivity contribution is 5.68. The summed E-state index contributed by atoms with van der Waals surface area (Å²) in [6.07, 6.45) is 2.83. The summed E-state index contributed by atoms with van der Waals surface area (Å²) in [6.45, 7) is 7.11. The van der Waals surface area contributed by atoms with Crippen molar-refractivity contribution in [2.75, 3.05) is 0 Å². The van der Waals surface area contributed by atoms with Gasteiger partial charge in [-0.05, 0) is 36.5 Å². The van der Waals surface area contributed by atoms with E-state index in [1.54, 1.807) is 0 Å². The van der Waals surface area contributed by atoms with Gasteiger partial charge < -0.3 is 9.47 Å². The molecule has 0 aromatic heterocycles. The maximum absolute atomic E-state index is 11.2. The van der Waals surface area contributed by atoms with Gasteiger partial charge in [-0.1, -0.05) is 13.8 Å². The molecule has 2 aliphatic rings. The van der Waals surface area contributed by atoms with Crippen LogP contribution in [-0.2, 0) is 19.1 Å². The Hall–Kier alpha value is -1.06. The summed E-state index contributed by atoms with van der Waals surface area (Å²) >= 11 is 0. The van der Waals surface area contributed by atoms with Gasteiger partial charge >= 0.3 is 11.9 Å². The van der Waals surface area contributed by atoms with Crippen molar-refractivity contribution in [2.45, 2.75) is 53.2 Å². The van der Waals surface area contributed by atoms with Crippen LogP contribution in [0.2, 0.25) is 0 Å². The summed E-state index contributed by atoms with van der Waals surface area (Å²) in [6, 6.07) is 0. The first-order valence-corrected chi connectivity index (χ1v) is 6.66. The smallest absolute Gasteiger partial charge is 0.305 e. The topological polar surface area (TPSA) is 52.6 Å². The van der Waals surface area contributed by atoms with Gasteiger partial charge in [0.25, 0.3) is 6.29 Å². The minimum absolute atomic E-state index is 0.0679. The van der Waals surface area contributed by atoms with E-state index in [1.165, 1.54) is 20.3 Å². The molecule has 0 aromatic carbocycles. The highest BCUT2D eigenvalue weighted by Crippen LogP contribution is 2.60. The predicted octanol–water partition coefficient (Wildman–Crippen LogP) is 2.51. The normalized spacial score (nSPS) is 32.6. The van der Waals surface area contributed by atoms with E-state index in [-0.39, 0.29) is 23.3 Å². The van der Waals surface area contributed by atoms with Crippen molar-refractivity contribution in [1.29, 1.82) is 0 Å². The monoisotopic (exact) mass is 254 g/mol. The minimum atomic E-state index is -0.717. The Balaban J connectivity index is 2.19. The van der Waals surface area contributed by atoms with Crippen LogP contribution in [0.15, 0.2) is 0 Å². The third kappa shape index (κ3) is 2.25. The Morgan fingerprint density at radius 1 is 1.11 bits per heavy atom. The fourth-order valence-electron chi connectivity index (χ4n) is 3.97. The van der Waals surface area contributed by atoms with Crippen LogP contribution in [0.4, 0.5) is 0 Å². The molecule has 4 heteroatoms. The van der Waals surface area contributed by atoms with Gasteiger partial charge in [0.2, 0.25) is 0 Å². The molecule has 3 unspecified atom stereocenters. The lowest BCUT2D eigenvalue weighted by Gasteiger charge is -2.41. The van der Waals surface area contributed by atoms with E-state index in [0.29, 0.717) is 11.8 Å². The van der Waals surface area contributed by atoms with Crippen LogP contribution in [0, 0.1) is 23.2 Å². The Bertz CT molecular complexity index is 345. The van der Waals surface area contributed by atoms with E-state index < -0.39 is 6.29 Å². The number of carbonyl (C=O) groups excluding carboxylic acids is 2. The number of hydrogen-bond donors (Lipinski definition) is 0. The Morgan fingerprint density at radius 2 is 1.67 bits per heavy atom. The third-order valence-corrected chi connectivity index (χ3v) is 4.75. The molecular formula is C14H22O4. The first-order chi connectivity index (χ1) is 8.32. The molecule has 3 atom stereocenters. The van der Waals surface area contributed by atoms with Crippen LogP contribution in [-0.4, -0.2) is 18.2 Å². The van der Waals surface area contributed by atoms with Crippen molar-refractivity contribution in [3.63, 3.8) is 0 Å². The first-order valence-electron chi connectivity index (χ1n) is 6.66. The molecule has 0 heterocycles. The highest BCUT2D eigenvalue weighted by Gasteiger charge is 2.57. The molecule has 0 aromatic rings. The van der Waals surface area contributed by atoms with Crippen LogP contribution in [0.3, 0.4) is 0 Å². The fraction of sp³-hybridized carbons (Fsp3) is 0.857. The molecule has 2 bridgehead atoms. The molecule has 0 N–H and O–H groups in total. The molecule has 0 aliphatic heterocycles. The van der Waals surface area contributed by atoms with Gasteiger partial charge in [0, 0.05) is 19.8 Å². The molecule has 2 fully saturated rings. The molecule has 0 spiro atoms. The molecule has 4 nitrogen and oxygen atoms in total. The number of hydrogen-bond acceptors (Lipinski definition) is 4. The van der Waals surface area contributed by atoms with Gasteiger partial charge in [0.1, 0.15) is 0 Å². The van der Waals surface area contributed by atoms with Crippen molar-refractivity contribution >= 4 is 11.9 Å². The van der Waals surface area contributed by atoms with Gasteiger partial charge in [-0.2, -0.15) is 0 Å². The van der Waals surface area contributed by atoms with Gasteiger partial charge in [0.15, 0.2) is 0 Å². The quantitative estimate of drug-likeness (QED) is 0.573. The largest absolute Gasteiger partial charge is 0.425 e. The lowest BCUT2D eigenvalue weighted by Crippen LogP contribution is -2.43. The lowest BCUT2D eigenvalue weighted by molar-refractivity contribution is -0.208. The first kappa shape index (κ1) is 13.4. The zero-order valence-corrected chi connectivity index (χ0v) is 11.6. The lowest BCUT2D eigenvalue weighted by atomic mass is 9.68. The molecule has 18 heavy (non-hydrogen) atoms. The molecule has 102 valence electrons. The van der Waals surface area contributed by atoms with E-state index in [2.05, 4.69) is 13.8 Å². The van der Waals surface area contributed by atoms with Crippen molar-refractivity contribution in [1.82, 2.24) is 0 Å². The second-order valence-electron chi connectivity index (χ2n) is 6.20. The van der Waals surface area contributed by atoms with E-state index in [1.807, 2.05) is 0 Å². The molecule has 2 saturated carbocycles. The summed E-state index contributed by atoms with van der Waals surface area (Å²) in [4.78, 5) is 22.4. The van der Waals surface area contributed by atoms with Gasteiger partial charge in [0.05, 0.1) is 0 Å². The fourth-order valence-corrected chi connectivity index (χ4v) is 3.97. The van der Waals surface area contributed by atoms with E-state index in [0.717, 1.165) is 12.8 Å². The van der Waals surface area contributed by atoms with Gasteiger partial charge in [-0.25, -0.2) is 0 Å². The maximum Gasteiger partial charge on any atom is 0.305 e. The predicted molar refractivity (Wildman–Crippen MR) is 65.4 cm³/mol. The van der Waals surface area contributed by atoms with Crippen LogP contribution in [0.1, 0.15) is 47.0 Å². The third-order valence-electron chi connectivity index (χ3n) is 4.75. The van der Waals surface area contributed by atoms with Crippen molar-refractivity contribution < 1.29 is 19.1 Å².